The van der Waals surface area contributed by atoms with Gasteiger partial charge in [-0.15, -0.1) is 0 Å². The van der Waals surface area contributed by atoms with E-state index in [0.29, 0.717) is 25.3 Å². The second-order valence-electron chi connectivity index (χ2n) is 5.15. The number of carbonyl (C=O) groups excluding carboxylic acids is 1. The van der Waals surface area contributed by atoms with Crippen molar-refractivity contribution >= 4 is 5.91 Å². The zero-order valence-corrected chi connectivity index (χ0v) is 13.3. The molecule has 0 aromatic heterocycles. The van der Waals surface area contributed by atoms with Crippen LogP contribution in [0.1, 0.15) is 5.56 Å². The fraction of sp³-hybridized carbons (Fsp3) is 0.278. The molecule has 23 heavy (non-hydrogen) atoms. The van der Waals surface area contributed by atoms with E-state index >= 15 is 0 Å². The number of benzene rings is 2. The summed E-state index contributed by atoms with van der Waals surface area (Å²) in [4.78, 5) is 13.8. The molecule has 0 saturated heterocycles. The van der Waals surface area contributed by atoms with Crippen LogP contribution in [-0.2, 0) is 11.2 Å². The zero-order chi connectivity index (χ0) is 16.7. The van der Waals surface area contributed by atoms with Gasteiger partial charge in [0.15, 0.2) is 0 Å². The van der Waals surface area contributed by atoms with Crippen LogP contribution in [0.4, 0.5) is 4.39 Å². The van der Waals surface area contributed by atoms with Crippen molar-refractivity contribution in [2.24, 2.45) is 0 Å². The van der Waals surface area contributed by atoms with Gasteiger partial charge in [-0.05, 0) is 42.0 Å². The first-order chi connectivity index (χ1) is 11.1. The topological polar surface area (TPSA) is 38.8 Å². The Bertz CT molecular complexity index is 643. The molecule has 5 heteroatoms. The molecule has 0 aliphatic carbocycles. The first kappa shape index (κ1) is 16.8. The van der Waals surface area contributed by atoms with Crippen LogP contribution in [-0.4, -0.2) is 38.1 Å². The summed E-state index contributed by atoms with van der Waals surface area (Å²) in [6.07, 6.45) is 0.310. The van der Waals surface area contributed by atoms with E-state index in [9.17, 15) is 9.18 Å². The molecule has 0 spiro atoms. The molecule has 1 amide bonds. The molecule has 4 nitrogen and oxygen atoms in total. The average Bonchev–Trinajstić information content (AvgIpc) is 2.56. The summed E-state index contributed by atoms with van der Waals surface area (Å²) >= 11 is 0. The van der Waals surface area contributed by atoms with Gasteiger partial charge >= 0.3 is 0 Å². The Hall–Kier alpha value is -2.56. The first-order valence-electron chi connectivity index (χ1n) is 7.34. The third-order valence-corrected chi connectivity index (χ3v) is 3.42. The van der Waals surface area contributed by atoms with Crippen molar-refractivity contribution in [3.8, 4) is 11.5 Å². The summed E-state index contributed by atoms with van der Waals surface area (Å²) in [5.74, 6) is 1.02. The van der Waals surface area contributed by atoms with Crippen molar-refractivity contribution in [3.63, 3.8) is 0 Å². The highest BCUT2D eigenvalue weighted by molar-refractivity contribution is 5.78. The number of methoxy groups -OCH3 is 1. The second kappa shape index (κ2) is 8.17. The molecule has 2 aromatic rings. The minimum absolute atomic E-state index is 0.000888. The van der Waals surface area contributed by atoms with E-state index in [1.807, 2.05) is 24.3 Å². The normalized spacial score (nSPS) is 10.2. The van der Waals surface area contributed by atoms with Crippen molar-refractivity contribution in [1.29, 1.82) is 0 Å². The molecule has 0 atom stereocenters. The number of halogens is 1. The Kier molecular flexibility index (Phi) is 5.97. The van der Waals surface area contributed by atoms with Gasteiger partial charge in [0, 0.05) is 7.05 Å². The molecule has 2 aromatic carbocycles. The summed E-state index contributed by atoms with van der Waals surface area (Å²) in [5, 5.41) is 0. The van der Waals surface area contributed by atoms with Gasteiger partial charge in [0.2, 0.25) is 5.91 Å². The number of ether oxygens (including phenoxy) is 2. The van der Waals surface area contributed by atoms with Crippen LogP contribution in [0.5, 0.6) is 11.5 Å². The second-order valence-corrected chi connectivity index (χ2v) is 5.15. The Morgan fingerprint density at radius 2 is 1.87 bits per heavy atom. The van der Waals surface area contributed by atoms with Gasteiger partial charge in [-0.25, -0.2) is 4.39 Å². The third-order valence-electron chi connectivity index (χ3n) is 3.42. The van der Waals surface area contributed by atoms with Gasteiger partial charge in [0.25, 0.3) is 0 Å². The lowest BCUT2D eigenvalue weighted by Gasteiger charge is -2.17. The summed E-state index contributed by atoms with van der Waals surface area (Å²) in [6, 6.07) is 13.2. The smallest absolute Gasteiger partial charge is 0.226 e. The van der Waals surface area contributed by atoms with Crippen molar-refractivity contribution in [3.05, 3.63) is 59.9 Å². The average molecular weight is 317 g/mol. The molecular weight excluding hydrogens is 297 g/mol. The van der Waals surface area contributed by atoms with Gasteiger partial charge in [-0.1, -0.05) is 12.1 Å². The lowest BCUT2D eigenvalue weighted by atomic mass is 10.1. The van der Waals surface area contributed by atoms with Crippen LogP contribution in [0.2, 0.25) is 0 Å². The first-order valence-corrected chi connectivity index (χ1v) is 7.34. The van der Waals surface area contributed by atoms with E-state index in [1.54, 1.807) is 31.2 Å². The zero-order valence-electron chi connectivity index (χ0n) is 13.3. The number of nitrogens with zero attached hydrogens (tertiary/aromatic N) is 1. The fourth-order valence-corrected chi connectivity index (χ4v) is 2.05. The summed E-state index contributed by atoms with van der Waals surface area (Å²) in [5.41, 5.74) is 0.903. The van der Waals surface area contributed by atoms with E-state index in [-0.39, 0.29) is 11.7 Å². The molecule has 0 heterocycles. The summed E-state index contributed by atoms with van der Waals surface area (Å²) in [7, 11) is 3.33. The fourth-order valence-electron chi connectivity index (χ4n) is 2.05. The standard InChI is InChI=1S/C18H20FNO3/c1-20(10-11-23-16-8-6-15(19)7-9-16)18(21)13-14-4-3-5-17(12-14)22-2/h3-9,12H,10-11,13H2,1-2H3. The maximum absolute atomic E-state index is 12.8. The van der Waals surface area contributed by atoms with E-state index in [2.05, 4.69) is 0 Å². The minimum atomic E-state index is -0.303. The summed E-state index contributed by atoms with van der Waals surface area (Å²) in [6.45, 7) is 0.812. The Balaban J connectivity index is 1.79. The highest BCUT2D eigenvalue weighted by Crippen LogP contribution is 2.14. The van der Waals surface area contributed by atoms with Crippen molar-refractivity contribution < 1.29 is 18.7 Å². The molecule has 0 saturated carbocycles. The van der Waals surface area contributed by atoms with Gasteiger partial charge in [-0.2, -0.15) is 0 Å². The van der Waals surface area contributed by atoms with E-state index < -0.39 is 0 Å². The molecule has 0 fully saturated rings. The van der Waals surface area contributed by atoms with Gasteiger partial charge < -0.3 is 14.4 Å². The maximum Gasteiger partial charge on any atom is 0.226 e. The van der Waals surface area contributed by atoms with Gasteiger partial charge in [0.05, 0.1) is 20.1 Å². The molecular formula is C18H20FNO3. The lowest BCUT2D eigenvalue weighted by molar-refractivity contribution is -0.129. The molecule has 0 unspecified atom stereocenters. The number of amides is 1. The minimum Gasteiger partial charge on any atom is -0.497 e. The van der Waals surface area contributed by atoms with Crippen molar-refractivity contribution in [2.75, 3.05) is 27.3 Å². The molecule has 0 aliphatic rings. The van der Waals surface area contributed by atoms with Crippen molar-refractivity contribution in [2.45, 2.75) is 6.42 Å². The van der Waals surface area contributed by atoms with Crippen LogP contribution in [0.25, 0.3) is 0 Å². The molecule has 0 bridgehead atoms. The van der Waals surface area contributed by atoms with Crippen LogP contribution in [0, 0.1) is 5.82 Å². The molecule has 122 valence electrons. The number of hydrogen-bond donors (Lipinski definition) is 0. The maximum atomic E-state index is 12.8. The quantitative estimate of drug-likeness (QED) is 0.788. The summed E-state index contributed by atoms with van der Waals surface area (Å²) < 4.78 is 23.4. The molecule has 0 radical (unpaired) electrons. The van der Waals surface area contributed by atoms with E-state index in [4.69, 9.17) is 9.47 Å². The third kappa shape index (κ3) is 5.29. The highest BCUT2D eigenvalue weighted by atomic mass is 19.1. The van der Waals surface area contributed by atoms with E-state index in [1.165, 1.54) is 12.1 Å². The predicted octanol–water partition coefficient (Wildman–Crippen LogP) is 2.91. The number of rotatable bonds is 7. The Morgan fingerprint density at radius 3 is 2.57 bits per heavy atom. The Morgan fingerprint density at radius 1 is 1.13 bits per heavy atom. The van der Waals surface area contributed by atoms with Crippen LogP contribution in [0.3, 0.4) is 0 Å². The van der Waals surface area contributed by atoms with Gasteiger partial charge in [-0.3, -0.25) is 4.79 Å². The van der Waals surface area contributed by atoms with Crippen LogP contribution >= 0.6 is 0 Å². The largest absolute Gasteiger partial charge is 0.497 e. The lowest BCUT2D eigenvalue weighted by Crippen LogP contribution is -2.32. The predicted molar refractivity (Wildman–Crippen MR) is 86.2 cm³/mol. The molecule has 2 rings (SSSR count). The number of hydrogen-bond acceptors (Lipinski definition) is 3. The van der Waals surface area contributed by atoms with Crippen LogP contribution < -0.4 is 9.47 Å². The van der Waals surface area contributed by atoms with Crippen LogP contribution in [0.15, 0.2) is 48.5 Å². The number of carbonyl (C=O) groups is 1. The van der Waals surface area contributed by atoms with Gasteiger partial charge in [0.1, 0.15) is 23.9 Å². The monoisotopic (exact) mass is 317 g/mol. The Labute approximate surface area is 135 Å². The number of likely N-dealkylation sites (N-methyl/N-ethyl adjacent to an activating group) is 1. The SMILES string of the molecule is COc1cccc(CC(=O)N(C)CCOc2ccc(F)cc2)c1. The highest BCUT2D eigenvalue weighted by Gasteiger charge is 2.10. The van der Waals surface area contributed by atoms with E-state index in [0.717, 1.165) is 11.3 Å². The molecule has 0 aliphatic heterocycles. The molecule has 0 N–H and O–H groups in total. The van der Waals surface area contributed by atoms with Crippen molar-refractivity contribution in [1.82, 2.24) is 4.90 Å².